The quantitative estimate of drug-likeness (QED) is 0.336. The second kappa shape index (κ2) is 7.41. The van der Waals surface area contributed by atoms with Gasteiger partial charge in [-0.3, -0.25) is 4.68 Å². The zero-order chi connectivity index (χ0) is 20.1. The monoisotopic (exact) mass is 685 g/mol. The molecule has 4 rings (SSSR count). The summed E-state index contributed by atoms with van der Waals surface area (Å²) in [5, 5.41) is 4.99. The van der Waals surface area contributed by atoms with Gasteiger partial charge in [0.05, 0.1) is 33.3 Å². The average Bonchev–Trinajstić information content (AvgIpc) is 2.96. The molecule has 0 N–H and O–H groups in total. The molecule has 0 aliphatic carbocycles. The maximum absolute atomic E-state index is 14.8. The number of halogens is 4. The molecule has 0 saturated carbocycles. The smallest absolute Gasteiger partial charge is 0.307 e. The number of hydrogen-bond acceptors (Lipinski definition) is 2. The summed E-state index contributed by atoms with van der Waals surface area (Å²) in [5.74, 6) is -3.33. The van der Waals surface area contributed by atoms with E-state index >= 15 is 0 Å². The summed E-state index contributed by atoms with van der Waals surface area (Å²) in [6, 6.07) is 4.58. The van der Waals surface area contributed by atoms with Crippen LogP contribution in [-0.4, -0.2) is 26.0 Å². The van der Waals surface area contributed by atoms with Gasteiger partial charge in [0.1, 0.15) is 5.69 Å². The van der Waals surface area contributed by atoms with Crippen LogP contribution in [0.25, 0.3) is 0 Å². The molecule has 0 saturated heterocycles. The summed E-state index contributed by atoms with van der Waals surface area (Å²) < 4.78 is 32.4. The summed E-state index contributed by atoms with van der Waals surface area (Å²) in [6.45, 7) is 4.12. The van der Waals surface area contributed by atoms with Crippen molar-refractivity contribution < 1.29 is 18.2 Å². The fourth-order valence-electron chi connectivity index (χ4n) is 3.71. The molecule has 4 nitrogen and oxygen atoms in total. The zero-order valence-electron chi connectivity index (χ0n) is 15.1. The van der Waals surface area contributed by atoms with Crippen LogP contribution < -0.4 is 0 Å². The molecule has 2 aliphatic heterocycles. The Morgan fingerprint density at radius 2 is 2.10 bits per heavy atom. The van der Waals surface area contributed by atoms with E-state index in [2.05, 4.69) is 11.7 Å². The number of nitrogens with zero attached hydrogens (tertiary/aromatic N) is 3. The van der Waals surface area contributed by atoms with Crippen molar-refractivity contribution in [2.75, 3.05) is 0 Å². The Kier molecular flexibility index (Phi) is 5.28. The molecule has 0 bridgehead atoms. The molecule has 29 heavy (non-hydrogen) atoms. The van der Waals surface area contributed by atoms with Crippen LogP contribution in [0, 0.1) is 6.42 Å². The van der Waals surface area contributed by atoms with Gasteiger partial charge in [0.15, 0.2) is 12.3 Å². The van der Waals surface area contributed by atoms with E-state index in [1.807, 2.05) is 0 Å². The molecule has 1 aromatic heterocycles. The number of fused-ring (bicyclic) bond motifs is 3. The van der Waals surface area contributed by atoms with Crippen molar-refractivity contribution >= 4 is 34.8 Å². The zero-order valence-corrected chi connectivity index (χ0v) is 18.8. The van der Waals surface area contributed by atoms with Crippen molar-refractivity contribution in [3.8, 4) is 0 Å². The molecule has 9 heteroatoms. The molecule has 2 aliphatic rings. The second-order valence-electron chi connectivity index (χ2n) is 6.88. The van der Waals surface area contributed by atoms with Crippen molar-refractivity contribution in [1.29, 1.82) is 0 Å². The maximum atomic E-state index is 14.8. The van der Waals surface area contributed by atoms with E-state index in [0.717, 1.165) is 0 Å². The summed E-state index contributed by atoms with van der Waals surface area (Å²) in [7, 11) is 0. The van der Waals surface area contributed by atoms with Crippen LogP contribution in [0.1, 0.15) is 40.2 Å². The van der Waals surface area contributed by atoms with Crippen LogP contribution >= 0.6 is 23.2 Å². The molecule has 3 heterocycles. The maximum Gasteiger partial charge on any atom is 0.419 e. The Morgan fingerprint density at radius 1 is 1.34 bits per heavy atom. The van der Waals surface area contributed by atoms with E-state index in [0.29, 0.717) is 40.5 Å². The fourth-order valence-corrected chi connectivity index (χ4v) is 4.01. The van der Waals surface area contributed by atoms with Gasteiger partial charge in [0, 0.05) is 0 Å². The predicted octanol–water partition coefficient (Wildman–Crippen LogP) is 4.82. The van der Waals surface area contributed by atoms with Gasteiger partial charge in [-0.25, -0.2) is 4.79 Å². The van der Waals surface area contributed by atoms with Crippen molar-refractivity contribution in [3.63, 3.8) is 0 Å². The number of alkyl halides is 2. The molecule has 161 valence electrons. The van der Waals surface area contributed by atoms with Gasteiger partial charge < -0.3 is 6.42 Å². The number of carbonyl (C=O) groups is 1. The van der Waals surface area contributed by atoms with E-state index in [1.165, 1.54) is 21.4 Å². The first-order valence-corrected chi connectivity index (χ1v) is 9.61. The topological polar surface area (TPSA) is 37.9 Å². The number of amides is 1. The number of allylic oxidation sites excluding steroid dienone is 1. The van der Waals surface area contributed by atoms with Crippen molar-refractivity contribution in [2.45, 2.75) is 38.3 Å². The molecule has 0 unspecified atom stereocenters. The largest absolute Gasteiger partial charge is 0.419 e. The number of rotatable bonds is 2. The van der Waals surface area contributed by atoms with E-state index < -0.39 is 5.92 Å². The Bertz CT molecular complexity index is 1030. The summed E-state index contributed by atoms with van der Waals surface area (Å²) in [4.78, 5) is 13.1. The predicted molar refractivity (Wildman–Crippen MR) is 103 cm³/mol. The summed E-state index contributed by atoms with van der Waals surface area (Å²) >= 11 is 12.0. The second-order valence-corrected chi connectivity index (χ2v) is 7.69. The van der Waals surface area contributed by atoms with Crippen LogP contribution in [0.4, 0.5) is 8.78 Å². The van der Waals surface area contributed by atoms with E-state index in [4.69, 9.17) is 23.2 Å². The Balaban J connectivity index is 0.00000240. The SMILES string of the molecule is C=CC1=[N+](C(=O)c2ccc(Cl)c(Cl)c2)Cc2c(nn3c2C(F)(F)CC[CH-]C3)C1.[Lr]. The minimum atomic E-state index is -2.99. The van der Waals surface area contributed by atoms with Gasteiger partial charge >= 0.3 is 5.91 Å². The number of carbonyl (C=O) groups excluding carboxylic acids is 1. The van der Waals surface area contributed by atoms with Crippen LogP contribution in [0.2, 0.25) is 10.0 Å². The van der Waals surface area contributed by atoms with Crippen LogP contribution in [0.15, 0.2) is 30.9 Å². The van der Waals surface area contributed by atoms with E-state index in [1.54, 1.807) is 18.6 Å². The normalized spacial score (nSPS) is 17.7. The fraction of sp³-hybridized carbons (Fsp3) is 0.300. The number of aromatic nitrogens is 2. The Hall–Kier alpha value is -3.05. The molecule has 2 aromatic rings. The van der Waals surface area contributed by atoms with E-state index in [9.17, 15) is 13.6 Å². The van der Waals surface area contributed by atoms with Crippen LogP contribution in [-0.2, 0) is 25.4 Å². The van der Waals surface area contributed by atoms with Crippen molar-refractivity contribution in [2.24, 2.45) is 0 Å². The minimum Gasteiger partial charge on any atom is -0.307 e. The Labute approximate surface area is 171 Å². The number of benzene rings is 1. The van der Waals surface area contributed by atoms with Crippen molar-refractivity contribution in [3.05, 3.63) is 69.8 Å². The molecule has 0 spiro atoms. The third kappa shape index (κ3) is 3.42. The first-order chi connectivity index (χ1) is 13.3. The third-order valence-corrected chi connectivity index (χ3v) is 5.84. The van der Waals surface area contributed by atoms with Gasteiger partial charge in [-0.2, -0.15) is 24.9 Å². The minimum absolute atomic E-state index is 0. The molecule has 1 aromatic carbocycles. The third-order valence-electron chi connectivity index (χ3n) is 5.10. The van der Waals surface area contributed by atoms with Crippen molar-refractivity contribution in [1.82, 2.24) is 9.78 Å². The van der Waals surface area contributed by atoms with Gasteiger partial charge in [-0.1, -0.05) is 36.3 Å². The van der Waals surface area contributed by atoms with Gasteiger partial charge in [0.2, 0.25) is 0 Å². The van der Waals surface area contributed by atoms with Crippen LogP contribution in [0.3, 0.4) is 0 Å². The summed E-state index contributed by atoms with van der Waals surface area (Å²) in [6.07, 6.45) is 3.69. The molecular formula is C20H17Cl2F2LrN3O. The van der Waals surface area contributed by atoms with Gasteiger partial charge in [-0.05, 0) is 30.7 Å². The van der Waals surface area contributed by atoms with E-state index in [-0.39, 0.29) is 36.0 Å². The molecule has 1 radical (unpaired) electrons. The Morgan fingerprint density at radius 3 is 2.79 bits per heavy atom. The standard InChI is InChI=1S/C20H17Cl2F2N3O.Lr/c1-2-13-10-17-14(18-20(23,24)7-3-4-8-27(18)25-17)11-26(13)19(28)12-5-6-15(21)16(22)9-12;/h2,4-6,9H,1,3,7-8,10-11H2;. The average molecular weight is 686 g/mol. The molecular weight excluding hydrogens is 669 g/mol. The molecule has 0 fully saturated rings. The molecule has 0 atom stereocenters. The van der Waals surface area contributed by atoms with Gasteiger partial charge in [-0.15, -0.1) is 0 Å². The van der Waals surface area contributed by atoms with Crippen LogP contribution in [0.5, 0.6) is 0 Å². The summed E-state index contributed by atoms with van der Waals surface area (Å²) in [5.41, 5.74) is 1.84. The molecule has 1 amide bonds. The first-order valence-electron chi connectivity index (χ1n) is 8.85. The van der Waals surface area contributed by atoms with Gasteiger partial charge in [0.25, 0.3) is 5.92 Å². The number of hydrogen-bond donors (Lipinski definition) is 0. The first kappa shape index (κ1) is 20.7.